The quantitative estimate of drug-likeness (QED) is 0.278. The Hall–Kier alpha value is -1.06. The number of nitrogens with zero attached hydrogens (tertiary/aromatic N) is 1. The molecular formula is C17H33NO3. The lowest BCUT2D eigenvalue weighted by atomic mass is 10.0. The van der Waals surface area contributed by atoms with Crippen LogP contribution >= 0.6 is 0 Å². The van der Waals surface area contributed by atoms with Crippen LogP contribution in [0.4, 0.5) is 0 Å². The van der Waals surface area contributed by atoms with Gasteiger partial charge in [-0.25, -0.2) is 0 Å². The van der Waals surface area contributed by atoms with Crippen molar-refractivity contribution in [1.29, 1.82) is 0 Å². The molecule has 0 rings (SSSR count). The van der Waals surface area contributed by atoms with Gasteiger partial charge in [0.2, 0.25) is 6.41 Å². The first-order chi connectivity index (χ1) is 10.2. The SMILES string of the molecule is CCCCCOC(=O)C(CC)CCN(C=O)CCCCC. The summed E-state index contributed by atoms with van der Waals surface area (Å²) in [7, 11) is 0. The van der Waals surface area contributed by atoms with E-state index < -0.39 is 0 Å². The molecule has 0 heterocycles. The molecule has 0 saturated heterocycles. The van der Waals surface area contributed by atoms with Gasteiger partial charge in [0.1, 0.15) is 0 Å². The maximum Gasteiger partial charge on any atom is 0.308 e. The van der Waals surface area contributed by atoms with Crippen LogP contribution in [0.25, 0.3) is 0 Å². The van der Waals surface area contributed by atoms with Crippen LogP contribution in [0, 0.1) is 5.92 Å². The molecule has 0 aliphatic carbocycles. The summed E-state index contributed by atoms with van der Waals surface area (Å²) in [4.78, 5) is 24.8. The second-order valence-corrected chi connectivity index (χ2v) is 5.62. The minimum absolute atomic E-state index is 0.0831. The Morgan fingerprint density at radius 3 is 2.29 bits per heavy atom. The van der Waals surface area contributed by atoms with E-state index in [4.69, 9.17) is 4.74 Å². The molecule has 0 bridgehead atoms. The van der Waals surface area contributed by atoms with Gasteiger partial charge in [-0.05, 0) is 25.7 Å². The van der Waals surface area contributed by atoms with E-state index in [1.165, 1.54) is 0 Å². The molecule has 124 valence electrons. The number of rotatable bonds is 14. The van der Waals surface area contributed by atoms with Gasteiger partial charge in [0.25, 0.3) is 0 Å². The third-order valence-corrected chi connectivity index (χ3v) is 3.78. The number of carbonyl (C=O) groups excluding carboxylic acids is 2. The molecule has 4 nitrogen and oxygen atoms in total. The normalized spacial score (nSPS) is 12.0. The number of hydrogen-bond acceptors (Lipinski definition) is 3. The molecule has 1 atom stereocenters. The number of hydrogen-bond donors (Lipinski definition) is 0. The second kappa shape index (κ2) is 13.9. The maximum absolute atomic E-state index is 12.0. The van der Waals surface area contributed by atoms with Crippen molar-refractivity contribution in [1.82, 2.24) is 4.90 Å². The number of amides is 1. The highest BCUT2D eigenvalue weighted by atomic mass is 16.5. The van der Waals surface area contributed by atoms with Gasteiger partial charge in [-0.2, -0.15) is 0 Å². The summed E-state index contributed by atoms with van der Waals surface area (Å²) in [5.74, 6) is -0.187. The van der Waals surface area contributed by atoms with Gasteiger partial charge in [-0.15, -0.1) is 0 Å². The summed E-state index contributed by atoms with van der Waals surface area (Å²) in [6, 6.07) is 0. The molecule has 4 heteroatoms. The lowest BCUT2D eigenvalue weighted by Crippen LogP contribution is -2.28. The summed E-state index contributed by atoms with van der Waals surface area (Å²) < 4.78 is 5.32. The lowest BCUT2D eigenvalue weighted by molar-refractivity contribution is -0.149. The predicted molar refractivity (Wildman–Crippen MR) is 86.0 cm³/mol. The molecule has 1 amide bonds. The molecule has 0 spiro atoms. The minimum atomic E-state index is -0.104. The molecule has 0 aliphatic rings. The van der Waals surface area contributed by atoms with E-state index in [0.717, 1.165) is 57.9 Å². The van der Waals surface area contributed by atoms with Crippen LogP contribution in [0.3, 0.4) is 0 Å². The fourth-order valence-electron chi connectivity index (χ4n) is 2.24. The third kappa shape index (κ3) is 10.3. The Morgan fingerprint density at radius 1 is 1.05 bits per heavy atom. The standard InChI is InChI=1S/C17H33NO3/c1-4-7-9-12-18(15-19)13-11-16(6-3)17(20)21-14-10-8-5-2/h15-16H,4-14H2,1-3H3. The summed E-state index contributed by atoms with van der Waals surface area (Å²) in [5, 5.41) is 0. The zero-order valence-electron chi connectivity index (χ0n) is 14.1. The first-order valence-corrected chi connectivity index (χ1v) is 8.55. The largest absolute Gasteiger partial charge is 0.465 e. The van der Waals surface area contributed by atoms with Crippen molar-refractivity contribution in [2.45, 2.75) is 72.1 Å². The first kappa shape index (κ1) is 19.9. The third-order valence-electron chi connectivity index (χ3n) is 3.78. The Labute approximate surface area is 130 Å². The average molecular weight is 299 g/mol. The van der Waals surface area contributed by atoms with Gasteiger partial charge in [-0.1, -0.05) is 46.5 Å². The molecule has 21 heavy (non-hydrogen) atoms. The van der Waals surface area contributed by atoms with E-state index in [9.17, 15) is 9.59 Å². The number of unbranched alkanes of at least 4 members (excludes halogenated alkanes) is 4. The molecule has 0 aliphatic heterocycles. The highest BCUT2D eigenvalue weighted by Gasteiger charge is 2.18. The molecule has 0 aromatic heterocycles. The fraction of sp³-hybridized carbons (Fsp3) is 0.882. The summed E-state index contributed by atoms with van der Waals surface area (Å²) in [6.07, 6.45) is 8.86. The molecule has 0 fully saturated rings. The van der Waals surface area contributed by atoms with Gasteiger partial charge in [0.15, 0.2) is 0 Å². The van der Waals surface area contributed by atoms with Crippen LogP contribution < -0.4 is 0 Å². The Bertz CT molecular complexity index is 269. The van der Waals surface area contributed by atoms with Gasteiger partial charge in [0, 0.05) is 13.1 Å². The van der Waals surface area contributed by atoms with Crippen molar-refractivity contribution >= 4 is 12.4 Å². The van der Waals surface area contributed by atoms with E-state index in [-0.39, 0.29) is 11.9 Å². The zero-order valence-corrected chi connectivity index (χ0v) is 14.1. The molecule has 0 N–H and O–H groups in total. The zero-order chi connectivity index (χ0) is 15.9. The van der Waals surface area contributed by atoms with Gasteiger partial charge < -0.3 is 9.64 Å². The molecule has 0 aromatic rings. The van der Waals surface area contributed by atoms with Crippen LogP contribution in [0.5, 0.6) is 0 Å². The average Bonchev–Trinajstić information content (AvgIpc) is 2.50. The van der Waals surface area contributed by atoms with Gasteiger partial charge in [-0.3, -0.25) is 9.59 Å². The number of esters is 1. The Kier molecular flexibility index (Phi) is 13.2. The summed E-state index contributed by atoms with van der Waals surface area (Å²) >= 11 is 0. The van der Waals surface area contributed by atoms with E-state index in [1.54, 1.807) is 4.90 Å². The monoisotopic (exact) mass is 299 g/mol. The van der Waals surface area contributed by atoms with Crippen LogP contribution in [0.15, 0.2) is 0 Å². The lowest BCUT2D eigenvalue weighted by Gasteiger charge is -2.20. The maximum atomic E-state index is 12.0. The fourth-order valence-corrected chi connectivity index (χ4v) is 2.24. The molecule has 0 radical (unpaired) electrons. The molecule has 0 saturated carbocycles. The summed E-state index contributed by atoms with van der Waals surface area (Å²) in [5.41, 5.74) is 0. The minimum Gasteiger partial charge on any atom is -0.465 e. The van der Waals surface area contributed by atoms with Crippen molar-refractivity contribution in [3.8, 4) is 0 Å². The highest BCUT2D eigenvalue weighted by molar-refractivity contribution is 5.72. The van der Waals surface area contributed by atoms with Gasteiger partial charge in [0.05, 0.1) is 12.5 Å². The Morgan fingerprint density at radius 2 is 1.71 bits per heavy atom. The van der Waals surface area contributed by atoms with Crippen LogP contribution in [-0.4, -0.2) is 37.0 Å². The van der Waals surface area contributed by atoms with E-state index in [2.05, 4.69) is 13.8 Å². The van der Waals surface area contributed by atoms with Crippen molar-refractivity contribution in [3.63, 3.8) is 0 Å². The second-order valence-electron chi connectivity index (χ2n) is 5.62. The molecule has 0 aromatic carbocycles. The molecule has 1 unspecified atom stereocenters. The van der Waals surface area contributed by atoms with E-state index in [1.807, 2.05) is 6.92 Å². The highest BCUT2D eigenvalue weighted by Crippen LogP contribution is 2.12. The van der Waals surface area contributed by atoms with Crippen LogP contribution in [-0.2, 0) is 14.3 Å². The van der Waals surface area contributed by atoms with E-state index >= 15 is 0 Å². The first-order valence-electron chi connectivity index (χ1n) is 8.55. The molecular weight excluding hydrogens is 266 g/mol. The van der Waals surface area contributed by atoms with Crippen LogP contribution in [0.2, 0.25) is 0 Å². The predicted octanol–water partition coefficient (Wildman–Crippen LogP) is 3.78. The van der Waals surface area contributed by atoms with Gasteiger partial charge >= 0.3 is 5.97 Å². The van der Waals surface area contributed by atoms with Crippen molar-refractivity contribution in [3.05, 3.63) is 0 Å². The number of ether oxygens (including phenoxy) is 1. The van der Waals surface area contributed by atoms with E-state index in [0.29, 0.717) is 19.6 Å². The topological polar surface area (TPSA) is 46.6 Å². The van der Waals surface area contributed by atoms with Crippen molar-refractivity contribution in [2.24, 2.45) is 5.92 Å². The van der Waals surface area contributed by atoms with Crippen LogP contribution in [0.1, 0.15) is 72.1 Å². The summed E-state index contributed by atoms with van der Waals surface area (Å²) in [6.45, 7) is 8.24. The number of carbonyl (C=O) groups is 2. The van der Waals surface area contributed by atoms with Crippen molar-refractivity contribution < 1.29 is 14.3 Å². The van der Waals surface area contributed by atoms with Crippen molar-refractivity contribution in [2.75, 3.05) is 19.7 Å². The smallest absolute Gasteiger partial charge is 0.308 e. The Balaban J connectivity index is 3.98.